The van der Waals surface area contributed by atoms with Crippen LogP contribution in [-0.2, 0) is 24.2 Å². The molecule has 1 amide bonds. The van der Waals surface area contributed by atoms with Crippen LogP contribution in [0, 0.1) is 11.7 Å². The highest BCUT2D eigenvalue weighted by Crippen LogP contribution is 2.22. The zero-order valence-electron chi connectivity index (χ0n) is 12.9. The molecular formula is C17H18FN3O2. The Kier molecular flexibility index (Phi) is 4.23. The molecule has 1 aliphatic rings. The summed E-state index contributed by atoms with van der Waals surface area (Å²) >= 11 is 0. The molecule has 6 heteroatoms. The molecule has 0 aliphatic heterocycles. The molecule has 1 atom stereocenters. The van der Waals surface area contributed by atoms with Crippen molar-refractivity contribution in [2.45, 2.75) is 32.7 Å². The van der Waals surface area contributed by atoms with Gasteiger partial charge in [0.05, 0.1) is 5.69 Å². The number of nitrogens with one attached hydrogen (secondary N) is 1. The van der Waals surface area contributed by atoms with E-state index in [9.17, 15) is 14.0 Å². The number of halogens is 1. The van der Waals surface area contributed by atoms with Gasteiger partial charge in [-0.25, -0.2) is 9.07 Å². The lowest BCUT2D eigenvalue weighted by Crippen LogP contribution is -2.32. The first kappa shape index (κ1) is 15.4. The second-order valence-electron chi connectivity index (χ2n) is 6.02. The Bertz CT molecular complexity index is 801. The fourth-order valence-electron chi connectivity index (χ4n) is 2.83. The number of amides is 1. The van der Waals surface area contributed by atoms with E-state index in [1.54, 1.807) is 12.1 Å². The zero-order chi connectivity index (χ0) is 16.4. The van der Waals surface area contributed by atoms with Crippen LogP contribution >= 0.6 is 0 Å². The molecular weight excluding hydrogens is 297 g/mol. The molecule has 1 aliphatic carbocycles. The fraction of sp³-hybridized carbons (Fsp3) is 0.353. The Morgan fingerprint density at radius 2 is 2.26 bits per heavy atom. The van der Waals surface area contributed by atoms with Gasteiger partial charge in [0.15, 0.2) is 0 Å². The van der Waals surface area contributed by atoms with Crippen LogP contribution in [0.5, 0.6) is 0 Å². The third kappa shape index (κ3) is 3.64. The van der Waals surface area contributed by atoms with Crippen LogP contribution in [0.1, 0.15) is 24.6 Å². The lowest BCUT2D eigenvalue weighted by Gasteiger charge is -2.20. The molecule has 120 valence electrons. The van der Waals surface area contributed by atoms with E-state index in [1.807, 2.05) is 0 Å². The summed E-state index contributed by atoms with van der Waals surface area (Å²) in [5.41, 5.74) is 1.94. The topological polar surface area (TPSA) is 64.0 Å². The van der Waals surface area contributed by atoms with E-state index in [0.717, 1.165) is 30.5 Å². The molecule has 2 aromatic rings. The Morgan fingerprint density at radius 3 is 3.04 bits per heavy atom. The van der Waals surface area contributed by atoms with E-state index in [2.05, 4.69) is 17.3 Å². The van der Waals surface area contributed by atoms with E-state index in [0.29, 0.717) is 11.6 Å². The molecule has 1 unspecified atom stereocenters. The number of carbonyl (C=O) groups is 1. The van der Waals surface area contributed by atoms with Crippen molar-refractivity contribution in [1.29, 1.82) is 0 Å². The molecule has 23 heavy (non-hydrogen) atoms. The van der Waals surface area contributed by atoms with Gasteiger partial charge < -0.3 is 5.32 Å². The first-order valence-electron chi connectivity index (χ1n) is 7.66. The highest BCUT2D eigenvalue weighted by molar-refractivity contribution is 5.90. The summed E-state index contributed by atoms with van der Waals surface area (Å²) in [5, 5.41) is 6.88. The van der Waals surface area contributed by atoms with Crippen molar-refractivity contribution in [3.05, 3.63) is 57.8 Å². The predicted octanol–water partition coefficient (Wildman–Crippen LogP) is 2.15. The summed E-state index contributed by atoms with van der Waals surface area (Å²) in [6, 6.07) is 7.20. The number of hydrogen-bond donors (Lipinski definition) is 1. The molecule has 5 nitrogen and oxygen atoms in total. The minimum absolute atomic E-state index is 0.182. The van der Waals surface area contributed by atoms with Crippen LogP contribution < -0.4 is 10.9 Å². The third-order valence-electron chi connectivity index (χ3n) is 4.01. The van der Waals surface area contributed by atoms with Crippen molar-refractivity contribution in [3.63, 3.8) is 0 Å². The first-order valence-corrected chi connectivity index (χ1v) is 7.66. The Hall–Kier alpha value is -2.50. The average Bonchev–Trinajstić information content (AvgIpc) is 2.48. The zero-order valence-corrected chi connectivity index (χ0v) is 12.9. The molecule has 0 spiro atoms. The number of aryl methyl sites for hydroxylation is 1. The third-order valence-corrected chi connectivity index (χ3v) is 4.01. The van der Waals surface area contributed by atoms with Gasteiger partial charge in [0.2, 0.25) is 5.91 Å². The quantitative estimate of drug-likeness (QED) is 0.944. The number of carbonyl (C=O) groups excluding carboxylic acids is 1. The van der Waals surface area contributed by atoms with Gasteiger partial charge in [0, 0.05) is 11.8 Å². The summed E-state index contributed by atoms with van der Waals surface area (Å²) in [5.74, 6) is -0.286. The summed E-state index contributed by atoms with van der Waals surface area (Å²) < 4.78 is 14.3. The monoisotopic (exact) mass is 315 g/mol. The number of aromatic nitrogens is 2. The minimum Gasteiger partial charge on any atom is -0.324 e. The van der Waals surface area contributed by atoms with Gasteiger partial charge in [-0.05, 0) is 48.9 Å². The molecule has 0 saturated carbocycles. The second kappa shape index (κ2) is 6.32. The number of rotatable bonds is 3. The Balaban J connectivity index is 1.75. The summed E-state index contributed by atoms with van der Waals surface area (Å²) in [6.07, 6.45) is 2.71. The normalized spacial score (nSPS) is 16.7. The van der Waals surface area contributed by atoms with Crippen molar-refractivity contribution in [1.82, 2.24) is 9.78 Å². The SMILES string of the molecule is CC1CCc2nn(CC(=O)Nc3cccc(F)c3)c(=O)cc2C1. The van der Waals surface area contributed by atoms with Gasteiger partial charge in [-0.2, -0.15) is 5.10 Å². The first-order chi connectivity index (χ1) is 11.0. The van der Waals surface area contributed by atoms with E-state index in [4.69, 9.17) is 0 Å². The Morgan fingerprint density at radius 1 is 1.43 bits per heavy atom. The maximum Gasteiger partial charge on any atom is 0.267 e. The average molecular weight is 315 g/mol. The standard InChI is InChI=1S/C17H18FN3O2/c1-11-5-6-15-12(7-11)8-17(23)21(20-15)10-16(22)19-14-4-2-3-13(18)9-14/h2-4,8-9,11H,5-7,10H2,1H3,(H,19,22). The molecule has 0 fully saturated rings. The van der Waals surface area contributed by atoms with Crippen molar-refractivity contribution in [3.8, 4) is 0 Å². The van der Waals surface area contributed by atoms with E-state index >= 15 is 0 Å². The maximum absolute atomic E-state index is 13.1. The summed E-state index contributed by atoms with van der Waals surface area (Å²) in [4.78, 5) is 24.1. The van der Waals surface area contributed by atoms with Gasteiger partial charge in [0.25, 0.3) is 5.56 Å². The van der Waals surface area contributed by atoms with Gasteiger partial charge in [-0.1, -0.05) is 13.0 Å². The van der Waals surface area contributed by atoms with Gasteiger partial charge >= 0.3 is 0 Å². The summed E-state index contributed by atoms with van der Waals surface area (Å²) in [6.45, 7) is 1.97. The van der Waals surface area contributed by atoms with E-state index in [1.165, 1.54) is 22.9 Å². The number of nitrogens with zero attached hydrogens (tertiary/aromatic N) is 2. The van der Waals surface area contributed by atoms with Gasteiger partial charge in [0.1, 0.15) is 12.4 Å². The van der Waals surface area contributed by atoms with Crippen molar-refractivity contribution >= 4 is 11.6 Å². The van der Waals surface area contributed by atoms with Gasteiger partial charge in [-0.15, -0.1) is 0 Å². The van der Waals surface area contributed by atoms with Crippen LogP contribution in [0.3, 0.4) is 0 Å². The van der Waals surface area contributed by atoms with Crippen LogP contribution in [0.15, 0.2) is 35.1 Å². The van der Waals surface area contributed by atoms with Gasteiger partial charge in [-0.3, -0.25) is 9.59 Å². The van der Waals surface area contributed by atoms with Crippen molar-refractivity contribution in [2.75, 3.05) is 5.32 Å². The van der Waals surface area contributed by atoms with Crippen LogP contribution in [-0.4, -0.2) is 15.7 Å². The number of benzene rings is 1. The van der Waals surface area contributed by atoms with Crippen molar-refractivity contribution < 1.29 is 9.18 Å². The highest BCUT2D eigenvalue weighted by Gasteiger charge is 2.18. The number of anilines is 1. The molecule has 1 aromatic heterocycles. The van der Waals surface area contributed by atoms with E-state index < -0.39 is 11.7 Å². The molecule has 3 rings (SSSR count). The van der Waals surface area contributed by atoms with Crippen LogP contribution in [0.25, 0.3) is 0 Å². The number of hydrogen-bond acceptors (Lipinski definition) is 3. The highest BCUT2D eigenvalue weighted by atomic mass is 19.1. The molecule has 0 bridgehead atoms. The Labute approximate surface area is 133 Å². The lowest BCUT2D eigenvalue weighted by molar-refractivity contribution is -0.117. The maximum atomic E-state index is 13.1. The minimum atomic E-state index is -0.430. The van der Waals surface area contributed by atoms with Crippen molar-refractivity contribution in [2.24, 2.45) is 5.92 Å². The largest absolute Gasteiger partial charge is 0.324 e. The second-order valence-corrected chi connectivity index (χ2v) is 6.02. The molecule has 1 N–H and O–H groups in total. The molecule has 0 radical (unpaired) electrons. The predicted molar refractivity (Wildman–Crippen MR) is 84.7 cm³/mol. The fourth-order valence-corrected chi connectivity index (χ4v) is 2.83. The molecule has 1 heterocycles. The molecule has 1 aromatic carbocycles. The lowest BCUT2D eigenvalue weighted by atomic mass is 9.88. The smallest absolute Gasteiger partial charge is 0.267 e. The van der Waals surface area contributed by atoms with Crippen LogP contribution in [0.4, 0.5) is 10.1 Å². The number of fused-ring (bicyclic) bond motifs is 1. The summed E-state index contributed by atoms with van der Waals surface area (Å²) in [7, 11) is 0. The molecule has 0 saturated heterocycles. The van der Waals surface area contributed by atoms with E-state index in [-0.39, 0.29) is 12.1 Å². The van der Waals surface area contributed by atoms with Crippen LogP contribution in [0.2, 0.25) is 0 Å².